The summed E-state index contributed by atoms with van der Waals surface area (Å²) >= 11 is 0. The molecule has 1 aliphatic rings. The van der Waals surface area contributed by atoms with Crippen molar-refractivity contribution in [3.8, 4) is 0 Å². The lowest BCUT2D eigenvalue weighted by Crippen LogP contribution is -2.67. The van der Waals surface area contributed by atoms with Gasteiger partial charge in [-0.15, -0.1) is 0 Å². The minimum atomic E-state index is -2.05. The molecule has 1 aromatic rings. The zero-order valence-corrected chi connectivity index (χ0v) is 16.7. The van der Waals surface area contributed by atoms with Crippen LogP contribution in [-0.4, -0.2) is 26.4 Å². The molecule has 132 valence electrons. The number of benzene rings is 1. The molecule has 0 unspecified atom stereocenters. The van der Waals surface area contributed by atoms with Crippen LogP contribution in [0.4, 0.5) is 0 Å². The van der Waals surface area contributed by atoms with Gasteiger partial charge in [0.05, 0.1) is 6.04 Å². The first-order chi connectivity index (χ1) is 11.3. The van der Waals surface area contributed by atoms with E-state index in [2.05, 4.69) is 71.1 Å². The Morgan fingerprint density at radius 3 is 2.00 bits per heavy atom. The van der Waals surface area contributed by atoms with E-state index in [0.717, 1.165) is 5.56 Å². The van der Waals surface area contributed by atoms with E-state index in [0.29, 0.717) is 16.6 Å². The maximum absolute atomic E-state index is 12.2. The molecular weight excluding hydrogens is 314 g/mol. The highest BCUT2D eigenvalue weighted by Crippen LogP contribution is 2.44. The van der Waals surface area contributed by atoms with Crippen LogP contribution >= 0.6 is 0 Å². The van der Waals surface area contributed by atoms with E-state index < -0.39 is 8.32 Å². The summed E-state index contributed by atoms with van der Waals surface area (Å²) in [6.45, 7) is 13.5. The van der Waals surface area contributed by atoms with Gasteiger partial charge in [0.1, 0.15) is 6.10 Å². The summed E-state index contributed by atoms with van der Waals surface area (Å²) in [6, 6.07) is 10.1. The molecule has 0 saturated carbocycles. The number of hydrogen-bond acceptors (Lipinski definition) is 2. The average Bonchev–Trinajstić information content (AvgIpc) is 2.51. The largest absolute Gasteiger partial charge is 0.402 e. The van der Waals surface area contributed by atoms with Crippen LogP contribution in [0.5, 0.6) is 0 Å². The van der Waals surface area contributed by atoms with Crippen LogP contribution in [-0.2, 0) is 9.22 Å². The number of carbonyl (C=O) groups excluding carboxylic acids is 1. The highest BCUT2D eigenvalue weighted by molar-refractivity contribution is 6.77. The van der Waals surface area contributed by atoms with Gasteiger partial charge in [0.2, 0.25) is 8.32 Å². The molecule has 2 rings (SSSR count). The van der Waals surface area contributed by atoms with Crippen molar-refractivity contribution in [2.75, 3.05) is 0 Å². The average molecular weight is 346 g/mol. The Labute approximate surface area is 147 Å². The normalized spacial score (nSPS) is 21.6. The summed E-state index contributed by atoms with van der Waals surface area (Å²) in [5.41, 5.74) is 2.57. The summed E-state index contributed by atoms with van der Waals surface area (Å²) in [7, 11) is -2.05. The van der Waals surface area contributed by atoms with Gasteiger partial charge in [0.25, 0.3) is 5.91 Å². The zero-order valence-electron chi connectivity index (χ0n) is 15.7. The summed E-state index contributed by atoms with van der Waals surface area (Å²) in [6.07, 6.45) is 3.77. The molecule has 1 heterocycles. The predicted octanol–water partition coefficient (Wildman–Crippen LogP) is 4.76. The van der Waals surface area contributed by atoms with Crippen LogP contribution in [0.3, 0.4) is 0 Å². The van der Waals surface area contributed by atoms with E-state index in [1.807, 2.05) is 18.2 Å². The van der Waals surface area contributed by atoms with E-state index in [-0.39, 0.29) is 18.1 Å². The molecule has 3 nitrogen and oxygen atoms in total. The van der Waals surface area contributed by atoms with Crippen LogP contribution in [0.1, 0.15) is 47.1 Å². The topological polar surface area (TPSA) is 38.3 Å². The summed E-state index contributed by atoms with van der Waals surface area (Å²) in [4.78, 5) is 12.2. The molecule has 1 amide bonds. The van der Waals surface area contributed by atoms with E-state index in [9.17, 15) is 4.79 Å². The molecule has 24 heavy (non-hydrogen) atoms. The lowest BCUT2D eigenvalue weighted by atomic mass is 10.0. The maximum atomic E-state index is 12.2. The molecule has 1 N–H and O–H groups in total. The quantitative estimate of drug-likeness (QED) is 0.571. The third-order valence-electron chi connectivity index (χ3n) is 5.23. The number of β-lactam (4-membered cyclic amide) rings is 1. The van der Waals surface area contributed by atoms with Crippen molar-refractivity contribution in [2.45, 2.75) is 70.3 Å². The SMILES string of the molecule is CC(C)[Si](O[C@H]1C(=O)N[C@H]1/C=C/c1ccccc1)(C(C)C)C(C)C. The zero-order chi connectivity index (χ0) is 17.9. The fraction of sp³-hybridized carbons (Fsp3) is 0.550. The summed E-state index contributed by atoms with van der Waals surface area (Å²) in [5.74, 6) is 0.0246. The van der Waals surface area contributed by atoms with Gasteiger partial charge in [-0.2, -0.15) is 0 Å². The van der Waals surface area contributed by atoms with Crippen LogP contribution in [0, 0.1) is 0 Å². The molecule has 0 bridgehead atoms. The molecule has 0 spiro atoms. The Morgan fingerprint density at radius 1 is 1.00 bits per heavy atom. The minimum Gasteiger partial charge on any atom is -0.402 e. The number of hydrogen-bond donors (Lipinski definition) is 1. The lowest BCUT2D eigenvalue weighted by Gasteiger charge is -2.48. The molecule has 1 saturated heterocycles. The smallest absolute Gasteiger partial charge is 0.250 e. The fourth-order valence-electron chi connectivity index (χ4n) is 4.07. The van der Waals surface area contributed by atoms with Crippen molar-refractivity contribution < 1.29 is 9.22 Å². The van der Waals surface area contributed by atoms with Crippen LogP contribution in [0.15, 0.2) is 36.4 Å². The molecule has 1 aliphatic heterocycles. The van der Waals surface area contributed by atoms with E-state index >= 15 is 0 Å². The van der Waals surface area contributed by atoms with Crippen molar-refractivity contribution in [1.29, 1.82) is 0 Å². The van der Waals surface area contributed by atoms with Gasteiger partial charge in [0.15, 0.2) is 0 Å². The summed E-state index contributed by atoms with van der Waals surface area (Å²) in [5, 5.41) is 2.97. The number of rotatable bonds is 7. The first-order valence-corrected chi connectivity index (χ1v) is 11.1. The standard InChI is InChI=1S/C20H31NO2Si/c1-14(2)24(15(3)4,16(5)6)23-19-18(21-20(19)22)13-12-17-10-8-7-9-11-17/h7-16,18-19H,1-6H3,(H,21,22)/b13-12+/t18-,19+/m0/s1. The second-order valence-corrected chi connectivity index (χ2v) is 13.1. The first kappa shape index (κ1) is 18.9. The second kappa shape index (κ2) is 7.66. The Morgan fingerprint density at radius 2 is 1.54 bits per heavy atom. The van der Waals surface area contributed by atoms with Crippen LogP contribution in [0.25, 0.3) is 6.08 Å². The predicted molar refractivity (Wildman–Crippen MR) is 103 cm³/mol. The molecule has 1 aromatic carbocycles. The van der Waals surface area contributed by atoms with Crippen LogP contribution in [0.2, 0.25) is 16.6 Å². The van der Waals surface area contributed by atoms with Gasteiger partial charge in [-0.3, -0.25) is 4.79 Å². The van der Waals surface area contributed by atoms with E-state index in [1.165, 1.54) is 0 Å². The third kappa shape index (κ3) is 3.65. The number of nitrogens with one attached hydrogen (secondary N) is 1. The molecule has 1 fully saturated rings. The van der Waals surface area contributed by atoms with Crippen molar-refractivity contribution in [1.82, 2.24) is 5.32 Å². The number of amides is 1. The van der Waals surface area contributed by atoms with Gasteiger partial charge in [0, 0.05) is 0 Å². The van der Waals surface area contributed by atoms with Gasteiger partial charge < -0.3 is 9.74 Å². The fourth-order valence-corrected chi connectivity index (χ4v) is 9.58. The molecular formula is C20H31NO2Si. The van der Waals surface area contributed by atoms with Gasteiger partial charge in [-0.1, -0.05) is 84.0 Å². The third-order valence-corrected chi connectivity index (χ3v) is 11.3. The van der Waals surface area contributed by atoms with Crippen LogP contribution < -0.4 is 5.32 Å². The van der Waals surface area contributed by atoms with E-state index in [1.54, 1.807) is 0 Å². The number of carbonyl (C=O) groups is 1. The maximum Gasteiger partial charge on any atom is 0.250 e. The highest BCUT2D eigenvalue weighted by Gasteiger charge is 2.51. The Kier molecular flexibility index (Phi) is 6.05. The summed E-state index contributed by atoms with van der Waals surface area (Å²) < 4.78 is 6.65. The Hall–Kier alpha value is -1.39. The van der Waals surface area contributed by atoms with Crippen molar-refractivity contribution in [3.63, 3.8) is 0 Å². The highest BCUT2D eigenvalue weighted by atomic mass is 28.4. The Bertz CT molecular complexity index is 559. The minimum absolute atomic E-state index is 0.0246. The molecule has 4 heteroatoms. The van der Waals surface area contributed by atoms with E-state index in [4.69, 9.17) is 4.43 Å². The van der Waals surface area contributed by atoms with Crippen molar-refractivity contribution in [3.05, 3.63) is 42.0 Å². The monoisotopic (exact) mass is 345 g/mol. The molecule has 0 aromatic heterocycles. The molecule has 2 atom stereocenters. The van der Waals surface area contributed by atoms with Crippen molar-refractivity contribution >= 4 is 20.3 Å². The van der Waals surface area contributed by atoms with Gasteiger partial charge in [-0.25, -0.2) is 0 Å². The first-order valence-electron chi connectivity index (χ1n) is 9.00. The molecule has 0 radical (unpaired) electrons. The lowest BCUT2D eigenvalue weighted by molar-refractivity contribution is -0.139. The molecule has 0 aliphatic carbocycles. The second-order valence-electron chi connectivity index (χ2n) is 7.66. The Balaban J connectivity index is 2.16. The van der Waals surface area contributed by atoms with Gasteiger partial charge in [-0.05, 0) is 22.2 Å². The van der Waals surface area contributed by atoms with Crippen molar-refractivity contribution in [2.24, 2.45) is 0 Å². The van der Waals surface area contributed by atoms with Gasteiger partial charge >= 0.3 is 0 Å².